The molecule has 4 nitrogen and oxygen atoms in total. The van der Waals surface area contributed by atoms with E-state index in [0.29, 0.717) is 6.42 Å². The first-order chi connectivity index (χ1) is 5.61. The molecule has 2 heterocycles. The third kappa shape index (κ3) is 1.26. The van der Waals surface area contributed by atoms with Crippen molar-refractivity contribution in [2.75, 3.05) is 0 Å². The van der Waals surface area contributed by atoms with Gasteiger partial charge in [0.1, 0.15) is 18.5 Å². The zero-order valence-electron chi connectivity index (χ0n) is 7.15. The van der Waals surface area contributed by atoms with Gasteiger partial charge in [-0.25, -0.2) is 0 Å². The highest BCUT2D eigenvalue weighted by molar-refractivity contribution is 5.56. The molecule has 0 bridgehead atoms. The molecule has 2 rings (SSSR count). The van der Waals surface area contributed by atoms with Gasteiger partial charge in [0.15, 0.2) is 12.1 Å². The summed E-state index contributed by atoms with van der Waals surface area (Å²) in [6, 6.07) is 0. The lowest BCUT2D eigenvalue weighted by atomic mass is 10.2. The largest absolute Gasteiger partial charge is 0.342 e. The van der Waals surface area contributed by atoms with Gasteiger partial charge in [0.2, 0.25) is 0 Å². The Kier molecular flexibility index (Phi) is 1.71. The van der Waals surface area contributed by atoms with Crippen molar-refractivity contribution in [3.8, 4) is 0 Å². The van der Waals surface area contributed by atoms with E-state index >= 15 is 0 Å². The van der Waals surface area contributed by atoms with Crippen LogP contribution in [0, 0.1) is 0 Å². The monoisotopic (exact) mass is 172 g/mol. The van der Waals surface area contributed by atoms with Gasteiger partial charge < -0.3 is 19.0 Å². The molecule has 4 heteroatoms. The van der Waals surface area contributed by atoms with E-state index in [1.54, 1.807) is 0 Å². The summed E-state index contributed by atoms with van der Waals surface area (Å²) in [6.45, 7) is 3.68. The van der Waals surface area contributed by atoms with Crippen LogP contribution in [-0.2, 0) is 19.0 Å². The maximum absolute atomic E-state index is 10.4. The summed E-state index contributed by atoms with van der Waals surface area (Å²) in [7, 11) is 0. The lowest BCUT2D eigenvalue weighted by molar-refractivity contribution is -0.202. The predicted molar refractivity (Wildman–Crippen MR) is 39.4 cm³/mol. The number of carbonyl (C=O) groups is 1. The fraction of sp³-hybridized carbons (Fsp3) is 0.875. The second-order valence-corrected chi connectivity index (χ2v) is 3.59. The van der Waals surface area contributed by atoms with Crippen LogP contribution < -0.4 is 0 Å². The van der Waals surface area contributed by atoms with Crippen LogP contribution >= 0.6 is 0 Å². The normalized spacial score (nSPS) is 44.3. The quantitative estimate of drug-likeness (QED) is 0.539. The highest BCUT2D eigenvalue weighted by Gasteiger charge is 2.48. The van der Waals surface area contributed by atoms with Crippen molar-refractivity contribution in [1.29, 1.82) is 0 Å². The highest BCUT2D eigenvalue weighted by atomic mass is 16.8. The Balaban J connectivity index is 2.02. The van der Waals surface area contributed by atoms with Gasteiger partial charge in [0.05, 0.1) is 0 Å². The molecule has 2 saturated heterocycles. The van der Waals surface area contributed by atoms with Crippen molar-refractivity contribution in [3.63, 3.8) is 0 Å². The SMILES string of the molecule is CC1(C)OC2OC(C=O)C[C@H]2O1. The standard InChI is InChI=1S/C8H12O4/c1-8(2)11-6-3-5(4-9)10-7(6)12-8/h4-7H,3H2,1-2H3/t5?,6-,7?/m1/s1. The number of aldehydes is 1. The van der Waals surface area contributed by atoms with Gasteiger partial charge in [0, 0.05) is 6.42 Å². The maximum atomic E-state index is 10.4. The summed E-state index contributed by atoms with van der Waals surface area (Å²) in [6.07, 6.45) is 0.622. The number of hydrogen-bond acceptors (Lipinski definition) is 4. The van der Waals surface area contributed by atoms with E-state index < -0.39 is 5.79 Å². The Morgan fingerprint density at radius 3 is 2.75 bits per heavy atom. The molecule has 2 aliphatic rings. The Morgan fingerprint density at radius 1 is 1.42 bits per heavy atom. The number of rotatable bonds is 1. The van der Waals surface area contributed by atoms with E-state index in [0.717, 1.165) is 6.29 Å². The summed E-state index contributed by atoms with van der Waals surface area (Å²) in [5.74, 6) is -0.566. The number of ether oxygens (including phenoxy) is 3. The molecule has 12 heavy (non-hydrogen) atoms. The Morgan fingerprint density at radius 2 is 2.17 bits per heavy atom. The number of hydrogen-bond donors (Lipinski definition) is 0. The third-order valence-electron chi connectivity index (χ3n) is 2.06. The molecule has 0 amide bonds. The average molecular weight is 172 g/mol. The fourth-order valence-corrected chi connectivity index (χ4v) is 1.62. The smallest absolute Gasteiger partial charge is 0.188 e. The van der Waals surface area contributed by atoms with Crippen molar-refractivity contribution in [1.82, 2.24) is 0 Å². The van der Waals surface area contributed by atoms with Crippen LogP contribution in [0.25, 0.3) is 0 Å². The first-order valence-electron chi connectivity index (χ1n) is 4.07. The highest BCUT2D eigenvalue weighted by Crippen LogP contribution is 2.36. The van der Waals surface area contributed by atoms with Gasteiger partial charge >= 0.3 is 0 Å². The molecule has 0 aliphatic carbocycles. The average Bonchev–Trinajstić information content (AvgIpc) is 2.40. The zero-order chi connectivity index (χ0) is 8.77. The Labute approximate surface area is 70.8 Å². The lowest BCUT2D eigenvalue weighted by Crippen LogP contribution is -2.25. The molecule has 0 N–H and O–H groups in total. The molecule has 0 aromatic heterocycles. The predicted octanol–water partition coefficient (Wildman–Crippen LogP) is 0.452. The fourth-order valence-electron chi connectivity index (χ4n) is 1.62. The number of carbonyl (C=O) groups excluding carboxylic acids is 1. The molecule has 2 aliphatic heterocycles. The van der Waals surface area contributed by atoms with Gasteiger partial charge in [-0.3, -0.25) is 0 Å². The molecule has 0 aromatic carbocycles. The van der Waals surface area contributed by atoms with Gasteiger partial charge in [-0.05, 0) is 13.8 Å². The van der Waals surface area contributed by atoms with E-state index in [-0.39, 0.29) is 18.5 Å². The molecule has 0 radical (unpaired) electrons. The van der Waals surface area contributed by atoms with E-state index in [1.165, 1.54) is 0 Å². The van der Waals surface area contributed by atoms with Gasteiger partial charge in [-0.2, -0.15) is 0 Å². The minimum Gasteiger partial charge on any atom is -0.342 e. The second-order valence-electron chi connectivity index (χ2n) is 3.59. The summed E-state index contributed by atoms with van der Waals surface area (Å²) in [5.41, 5.74) is 0. The van der Waals surface area contributed by atoms with Crippen molar-refractivity contribution >= 4 is 6.29 Å². The van der Waals surface area contributed by atoms with E-state index in [2.05, 4.69) is 0 Å². The molecule has 3 atom stereocenters. The first-order valence-corrected chi connectivity index (χ1v) is 4.07. The number of fused-ring (bicyclic) bond motifs is 1. The molecular weight excluding hydrogens is 160 g/mol. The van der Waals surface area contributed by atoms with Crippen LogP contribution in [0.5, 0.6) is 0 Å². The summed E-state index contributed by atoms with van der Waals surface area (Å²) < 4.78 is 16.2. The van der Waals surface area contributed by atoms with Gasteiger partial charge in [0.25, 0.3) is 0 Å². The minimum atomic E-state index is -0.566. The van der Waals surface area contributed by atoms with Crippen molar-refractivity contribution in [3.05, 3.63) is 0 Å². The van der Waals surface area contributed by atoms with Crippen LogP contribution in [0.4, 0.5) is 0 Å². The molecule has 0 spiro atoms. The van der Waals surface area contributed by atoms with E-state index in [4.69, 9.17) is 14.2 Å². The summed E-state index contributed by atoms with van der Waals surface area (Å²) >= 11 is 0. The summed E-state index contributed by atoms with van der Waals surface area (Å²) in [5, 5.41) is 0. The van der Waals surface area contributed by atoms with Crippen LogP contribution in [0.3, 0.4) is 0 Å². The van der Waals surface area contributed by atoms with E-state index in [1.807, 2.05) is 13.8 Å². The summed E-state index contributed by atoms with van der Waals surface area (Å²) in [4.78, 5) is 10.4. The lowest BCUT2D eigenvalue weighted by Gasteiger charge is -2.18. The van der Waals surface area contributed by atoms with Crippen molar-refractivity contribution in [2.45, 2.75) is 44.6 Å². The topological polar surface area (TPSA) is 44.8 Å². The van der Waals surface area contributed by atoms with Crippen LogP contribution in [0.2, 0.25) is 0 Å². The zero-order valence-corrected chi connectivity index (χ0v) is 7.15. The minimum absolute atomic E-state index is 0.0739. The van der Waals surface area contributed by atoms with E-state index in [9.17, 15) is 4.79 Å². The molecule has 0 saturated carbocycles. The molecule has 68 valence electrons. The molecule has 2 fully saturated rings. The maximum Gasteiger partial charge on any atom is 0.188 e. The van der Waals surface area contributed by atoms with Crippen LogP contribution in [0.1, 0.15) is 20.3 Å². The van der Waals surface area contributed by atoms with Crippen LogP contribution in [0.15, 0.2) is 0 Å². The molecule has 0 aromatic rings. The van der Waals surface area contributed by atoms with Gasteiger partial charge in [-0.15, -0.1) is 0 Å². The Bertz CT molecular complexity index is 185. The first kappa shape index (κ1) is 8.16. The van der Waals surface area contributed by atoms with Crippen molar-refractivity contribution < 1.29 is 19.0 Å². The molecule has 2 unspecified atom stereocenters. The Hall–Kier alpha value is -0.450. The van der Waals surface area contributed by atoms with Gasteiger partial charge in [-0.1, -0.05) is 0 Å². The molecular formula is C8H12O4. The van der Waals surface area contributed by atoms with Crippen molar-refractivity contribution in [2.24, 2.45) is 0 Å². The second kappa shape index (κ2) is 2.52. The van der Waals surface area contributed by atoms with Crippen LogP contribution in [-0.4, -0.2) is 30.6 Å². The third-order valence-corrected chi connectivity index (χ3v) is 2.06.